The fourth-order valence-electron chi connectivity index (χ4n) is 1.65. The van der Waals surface area contributed by atoms with E-state index in [1.54, 1.807) is 13.0 Å². The predicted molar refractivity (Wildman–Crippen MR) is 70.4 cm³/mol. The molecule has 0 bridgehead atoms. The third kappa shape index (κ3) is 5.26. The summed E-state index contributed by atoms with van der Waals surface area (Å²) in [5, 5.41) is 11.6. The fraction of sp³-hybridized carbons (Fsp3) is 0.500. The number of hydrogen-bond acceptors (Lipinski definition) is 3. The first kappa shape index (κ1) is 15.4. The highest BCUT2D eigenvalue weighted by Gasteiger charge is 2.18. The second-order valence-corrected chi connectivity index (χ2v) is 4.34. The van der Waals surface area contributed by atoms with Gasteiger partial charge in [-0.15, -0.1) is 0 Å². The number of amides is 1. The summed E-state index contributed by atoms with van der Waals surface area (Å²) in [6.07, 6.45) is 0.531. The van der Waals surface area contributed by atoms with Crippen LogP contribution >= 0.6 is 0 Å². The molecule has 0 heterocycles. The minimum Gasteiger partial charge on any atom is -0.481 e. The lowest BCUT2D eigenvalue weighted by Gasteiger charge is -2.20. The van der Waals surface area contributed by atoms with Crippen LogP contribution < -0.4 is 10.1 Å². The average molecular weight is 269 g/mol. The standard InChI is InChI=1S/C14H20FNO3/c1-3-12(7-8-17)16-14(18)10(2)19-13-6-4-5-11(15)9-13/h4-6,9-10,12,17H,3,7-8H2,1-2H3,(H,16,18). The van der Waals surface area contributed by atoms with E-state index >= 15 is 0 Å². The Morgan fingerprint density at radius 3 is 2.84 bits per heavy atom. The first-order valence-electron chi connectivity index (χ1n) is 6.40. The van der Waals surface area contributed by atoms with Crippen LogP contribution in [0.2, 0.25) is 0 Å². The number of aliphatic hydroxyl groups excluding tert-OH is 1. The number of benzene rings is 1. The Kier molecular flexibility index (Phi) is 6.29. The van der Waals surface area contributed by atoms with Crippen molar-refractivity contribution in [3.63, 3.8) is 0 Å². The van der Waals surface area contributed by atoms with Crippen LogP contribution in [0.3, 0.4) is 0 Å². The van der Waals surface area contributed by atoms with Crippen molar-refractivity contribution in [2.24, 2.45) is 0 Å². The molecule has 106 valence electrons. The molecule has 0 aromatic heterocycles. The Balaban J connectivity index is 2.52. The Labute approximate surface area is 112 Å². The van der Waals surface area contributed by atoms with Crippen molar-refractivity contribution >= 4 is 5.91 Å². The number of carbonyl (C=O) groups excluding carboxylic acids is 1. The Morgan fingerprint density at radius 1 is 1.53 bits per heavy atom. The largest absolute Gasteiger partial charge is 0.481 e. The summed E-state index contributed by atoms with van der Waals surface area (Å²) in [4.78, 5) is 11.9. The number of carbonyl (C=O) groups is 1. The molecule has 4 nitrogen and oxygen atoms in total. The fourth-order valence-corrected chi connectivity index (χ4v) is 1.65. The van der Waals surface area contributed by atoms with Gasteiger partial charge < -0.3 is 15.2 Å². The smallest absolute Gasteiger partial charge is 0.260 e. The highest BCUT2D eigenvalue weighted by atomic mass is 19.1. The number of nitrogens with one attached hydrogen (secondary N) is 1. The van der Waals surface area contributed by atoms with Gasteiger partial charge in [-0.25, -0.2) is 4.39 Å². The van der Waals surface area contributed by atoms with E-state index in [2.05, 4.69) is 5.32 Å². The van der Waals surface area contributed by atoms with Gasteiger partial charge in [0, 0.05) is 18.7 Å². The highest BCUT2D eigenvalue weighted by Crippen LogP contribution is 2.14. The van der Waals surface area contributed by atoms with Gasteiger partial charge in [0.2, 0.25) is 0 Å². The normalized spacial score (nSPS) is 13.7. The Hall–Kier alpha value is -1.62. The second kappa shape index (κ2) is 7.74. The summed E-state index contributed by atoms with van der Waals surface area (Å²) in [5.41, 5.74) is 0. The zero-order valence-electron chi connectivity index (χ0n) is 11.2. The van der Waals surface area contributed by atoms with Crippen LogP contribution in [-0.2, 0) is 4.79 Å². The van der Waals surface area contributed by atoms with Gasteiger partial charge in [-0.2, -0.15) is 0 Å². The zero-order valence-corrected chi connectivity index (χ0v) is 11.2. The van der Waals surface area contributed by atoms with Gasteiger partial charge in [0.25, 0.3) is 5.91 Å². The van der Waals surface area contributed by atoms with E-state index in [4.69, 9.17) is 9.84 Å². The van der Waals surface area contributed by atoms with Gasteiger partial charge >= 0.3 is 0 Å². The molecule has 0 saturated carbocycles. The van der Waals surface area contributed by atoms with Crippen molar-refractivity contribution in [2.75, 3.05) is 6.61 Å². The molecule has 0 aliphatic rings. The molecule has 1 amide bonds. The van der Waals surface area contributed by atoms with Gasteiger partial charge in [-0.05, 0) is 31.9 Å². The number of hydrogen-bond donors (Lipinski definition) is 2. The topological polar surface area (TPSA) is 58.6 Å². The monoisotopic (exact) mass is 269 g/mol. The summed E-state index contributed by atoms with van der Waals surface area (Å²) in [7, 11) is 0. The molecule has 1 rings (SSSR count). The SMILES string of the molecule is CCC(CCO)NC(=O)C(C)Oc1cccc(F)c1. The van der Waals surface area contributed by atoms with Crippen molar-refractivity contribution in [3.8, 4) is 5.75 Å². The highest BCUT2D eigenvalue weighted by molar-refractivity contribution is 5.81. The van der Waals surface area contributed by atoms with Crippen molar-refractivity contribution in [2.45, 2.75) is 38.8 Å². The number of rotatable bonds is 7. The van der Waals surface area contributed by atoms with Crippen LogP contribution in [0, 0.1) is 5.82 Å². The van der Waals surface area contributed by atoms with E-state index < -0.39 is 11.9 Å². The lowest BCUT2D eigenvalue weighted by Crippen LogP contribution is -2.42. The van der Waals surface area contributed by atoms with Crippen LogP contribution in [0.1, 0.15) is 26.7 Å². The van der Waals surface area contributed by atoms with Gasteiger partial charge in [0.1, 0.15) is 11.6 Å². The number of halogens is 1. The van der Waals surface area contributed by atoms with E-state index in [1.807, 2.05) is 6.92 Å². The molecule has 0 aliphatic carbocycles. The average Bonchev–Trinajstić information content (AvgIpc) is 2.38. The quantitative estimate of drug-likeness (QED) is 0.794. The lowest BCUT2D eigenvalue weighted by atomic mass is 10.1. The third-order valence-corrected chi connectivity index (χ3v) is 2.79. The van der Waals surface area contributed by atoms with Crippen LogP contribution in [0.15, 0.2) is 24.3 Å². The molecule has 2 atom stereocenters. The molecule has 0 saturated heterocycles. The third-order valence-electron chi connectivity index (χ3n) is 2.79. The summed E-state index contributed by atoms with van der Waals surface area (Å²) < 4.78 is 18.3. The first-order valence-corrected chi connectivity index (χ1v) is 6.40. The lowest BCUT2D eigenvalue weighted by molar-refractivity contribution is -0.128. The molecule has 0 aliphatic heterocycles. The number of aliphatic hydroxyl groups is 1. The molecule has 1 aromatic carbocycles. The summed E-state index contributed by atoms with van der Waals surface area (Å²) >= 11 is 0. The van der Waals surface area contributed by atoms with Gasteiger partial charge in [-0.1, -0.05) is 13.0 Å². The van der Waals surface area contributed by atoms with Gasteiger partial charge in [-0.3, -0.25) is 4.79 Å². The second-order valence-electron chi connectivity index (χ2n) is 4.34. The maximum atomic E-state index is 13.0. The van der Waals surface area contributed by atoms with Gasteiger partial charge in [0.15, 0.2) is 6.10 Å². The minimum atomic E-state index is -0.713. The zero-order chi connectivity index (χ0) is 14.3. The van der Waals surface area contributed by atoms with Crippen molar-refractivity contribution < 1.29 is 19.0 Å². The summed E-state index contributed by atoms with van der Waals surface area (Å²) in [6, 6.07) is 5.59. The molecule has 0 fully saturated rings. The van der Waals surface area contributed by atoms with Crippen LogP contribution in [0.25, 0.3) is 0 Å². The molecule has 2 N–H and O–H groups in total. The molecule has 19 heavy (non-hydrogen) atoms. The molecular formula is C14H20FNO3. The summed E-state index contributed by atoms with van der Waals surface area (Å²) in [6.45, 7) is 3.56. The van der Waals surface area contributed by atoms with Crippen LogP contribution in [0.5, 0.6) is 5.75 Å². The molecule has 1 aromatic rings. The van der Waals surface area contributed by atoms with E-state index in [0.717, 1.165) is 6.42 Å². The van der Waals surface area contributed by atoms with Crippen LogP contribution in [0.4, 0.5) is 4.39 Å². The van der Waals surface area contributed by atoms with E-state index in [9.17, 15) is 9.18 Å². The van der Waals surface area contributed by atoms with Gasteiger partial charge in [0.05, 0.1) is 0 Å². The molecular weight excluding hydrogens is 249 g/mol. The Morgan fingerprint density at radius 2 is 2.26 bits per heavy atom. The van der Waals surface area contributed by atoms with E-state index in [0.29, 0.717) is 12.2 Å². The maximum Gasteiger partial charge on any atom is 0.260 e. The van der Waals surface area contributed by atoms with E-state index in [-0.39, 0.29) is 18.6 Å². The number of ether oxygens (including phenoxy) is 1. The summed E-state index contributed by atoms with van der Waals surface area (Å²) in [5.74, 6) is -0.362. The van der Waals surface area contributed by atoms with Crippen molar-refractivity contribution in [1.82, 2.24) is 5.32 Å². The first-order chi connectivity index (χ1) is 9.06. The molecule has 5 heteroatoms. The maximum absolute atomic E-state index is 13.0. The predicted octanol–water partition coefficient (Wildman–Crippen LogP) is 1.87. The minimum absolute atomic E-state index is 0.0257. The van der Waals surface area contributed by atoms with Crippen molar-refractivity contribution in [1.29, 1.82) is 0 Å². The Bertz CT molecular complexity index is 411. The van der Waals surface area contributed by atoms with E-state index in [1.165, 1.54) is 18.2 Å². The molecule has 2 unspecified atom stereocenters. The molecule has 0 spiro atoms. The van der Waals surface area contributed by atoms with Crippen LogP contribution in [-0.4, -0.2) is 29.8 Å². The molecule has 0 radical (unpaired) electrons. The van der Waals surface area contributed by atoms with Crippen molar-refractivity contribution in [3.05, 3.63) is 30.1 Å².